The van der Waals surface area contributed by atoms with Crippen molar-refractivity contribution in [3.05, 3.63) is 24.3 Å². The number of unbranched alkanes of at least 4 members (excludes halogenated alkanes) is 15. The van der Waals surface area contributed by atoms with E-state index >= 15 is 0 Å². The van der Waals surface area contributed by atoms with E-state index in [1.807, 2.05) is 0 Å². The third-order valence-electron chi connectivity index (χ3n) is 7.29. The van der Waals surface area contributed by atoms with Gasteiger partial charge in [0.25, 0.3) is 0 Å². The summed E-state index contributed by atoms with van der Waals surface area (Å²) in [7, 11) is -4.30. The number of nitrogens with two attached hydrogens (primary N) is 1. The zero-order valence-electron chi connectivity index (χ0n) is 27.0. The highest BCUT2D eigenvalue weighted by Gasteiger charge is 2.27. The predicted molar refractivity (Wildman–Crippen MR) is 175 cm³/mol. The van der Waals surface area contributed by atoms with Gasteiger partial charge in [0.2, 0.25) is 5.91 Å². The summed E-state index contributed by atoms with van der Waals surface area (Å²) in [6.07, 6.45) is 30.4. The standard InChI is InChI=1S/C33H65N2O6P/c1-3-5-7-9-11-13-15-16-17-19-21-23-25-27-33(37)35-31(30-41-42(38,39)40-29-28-34)32(36)26-24-22-20-18-14-12-10-8-6-4-2/h7,9,13,15,31-32,36H,3-6,8,10-12,14,16-30,34H2,1-2H3,(H,35,37)(H,38,39)/b9-7-,15-13-. The number of phosphoric acid groups is 1. The molecule has 0 aliphatic rings. The molecule has 5 N–H and O–H groups in total. The largest absolute Gasteiger partial charge is 0.472 e. The van der Waals surface area contributed by atoms with Crippen LogP contribution in [0, 0.1) is 0 Å². The third kappa shape index (κ3) is 27.8. The molecule has 0 aromatic carbocycles. The highest BCUT2D eigenvalue weighted by molar-refractivity contribution is 7.47. The normalized spacial score (nSPS) is 14.9. The van der Waals surface area contributed by atoms with Crippen LogP contribution in [0.25, 0.3) is 0 Å². The Balaban J connectivity index is 4.34. The van der Waals surface area contributed by atoms with Gasteiger partial charge in [-0.3, -0.25) is 13.8 Å². The summed E-state index contributed by atoms with van der Waals surface area (Å²) < 4.78 is 22.0. The number of rotatable bonds is 31. The van der Waals surface area contributed by atoms with Crippen molar-refractivity contribution >= 4 is 13.7 Å². The Morgan fingerprint density at radius 3 is 1.98 bits per heavy atom. The molecular weight excluding hydrogens is 551 g/mol. The Kier molecular flexibility index (Phi) is 29.3. The fourth-order valence-corrected chi connectivity index (χ4v) is 5.46. The molecule has 248 valence electrons. The van der Waals surface area contributed by atoms with Crippen LogP contribution in [-0.2, 0) is 18.4 Å². The topological polar surface area (TPSA) is 131 Å². The minimum absolute atomic E-state index is 0.0862. The first-order chi connectivity index (χ1) is 20.4. The molecule has 0 rings (SSSR count). The predicted octanol–water partition coefficient (Wildman–Crippen LogP) is 8.27. The molecule has 0 aromatic heterocycles. The van der Waals surface area contributed by atoms with E-state index in [1.165, 1.54) is 51.4 Å². The molecule has 0 fully saturated rings. The molecule has 1 amide bonds. The van der Waals surface area contributed by atoms with Gasteiger partial charge in [0.1, 0.15) is 0 Å². The van der Waals surface area contributed by atoms with Crippen molar-refractivity contribution in [3.8, 4) is 0 Å². The zero-order valence-corrected chi connectivity index (χ0v) is 27.9. The third-order valence-corrected chi connectivity index (χ3v) is 8.27. The number of hydrogen-bond acceptors (Lipinski definition) is 6. The summed E-state index contributed by atoms with van der Waals surface area (Å²) >= 11 is 0. The van der Waals surface area contributed by atoms with E-state index < -0.39 is 20.0 Å². The number of carbonyl (C=O) groups is 1. The minimum Gasteiger partial charge on any atom is -0.391 e. The highest BCUT2D eigenvalue weighted by Crippen LogP contribution is 2.43. The molecule has 0 aliphatic heterocycles. The lowest BCUT2D eigenvalue weighted by Crippen LogP contribution is -2.46. The van der Waals surface area contributed by atoms with Gasteiger partial charge in [0, 0.05) is 13.0 Å². The Labute approximate surface area is 257 Å². The van der Waals surface area contributed by atoms with Crippen LogP contribution in [0.3, 0.4) is 0 Å². The van der Waals surface area contributed by atoms with E-state index in [9.17, 15) is 19.4 Å². The molecule has 0 bridgehead atoms. The van der Waals surface area contributed by atoms with Crippen molar-refractivity contribution in [2.24, 2.45) is 5.73 Å². The maximum Gasteiger partial charge on any atom is 0.472 e. The molecule has 0 saturated carbocycles. The Bertz CT molecular complexity index is 719. The van der Waals surface area contributed by atoms with Crippen LogP contribution in [0.4, 0.5) is 0 Å². The summed E-state index contributed by atoms with van der Waals surface area (Å²) in [5.41, 5.74) is 5.34. The van der Waals surface area contributed by atoms with Crippen LogP contribution in [-0.4, -0.2) is 47.8 Å². The highest BCUT2D eigenvalue weighted by atomic mass is 31.2. The van der Waals surface area contributed by atoms with E-state index in [0.29, 0.717) is 12.8 Å². The van der Waals surface area contributed by atoms with Gasteiger partial charge in [-0.2, -0.15) is 0 Å². The Hall–Kier alpha value is -1.02. The number of carbonyl (C=O) groups excluding carboxylic acids is 1. The van der Waals surface area contributed by atoms with Crippen LogP contribution in [0.2, 0.25) is 0 Å². The molecule has 0 saturated heterocycles. The van der Waals surface area contributed by atoms with Crippen LogP contribution in [0.15, 0.2) is 24.3 Å². The number of amides is 1. The molecule has 0 spiro atoms. The average molecular weight is 617 g/mol. The lowest BCUT2D eigenvalue weighted by molar-refractivity contribution is -0.123. The molecule has 0 radical (unpaired) electrons. The fourth-order valence-electron chi connectivity index (χ4n) is 4.70. The molecule has 3 unspecified atom stereocenters. The average Bonchev–Trinajstić information content (AvgIpc) is 2.97. The second-order valence-electron chi connectivity index (χ2n) is 11.4. The Morgan fingerprint density at radius 1 is 0.786 bits per heavy atom. The van der Waals surface area contributed by atoms with Crippen LogP contribution >= 0.6 is 7.82 Å². The van der Waals surface area contributed by atoms with Gasteiger partial charge >= 0.3 is 7.82 Å². The number of hydrogen-bond donors (Lipinski definition) is 4. The van der Waals surface area contributed by atoms with E-state index in [2.05, 4.69) is 43.5 Å². The minimum atomic E-state index is -4.30. The molecular formula is C33H65N2O6P. The summed E-state index contributed by atoms with van der Waals surface area (Å²) in [5.74, 6) is -0.180. The molecule has 3 atom stereocenters. The summed E-state index contributed by atoms with van der Waals surface area (Å²) in [4.78, 5) is 22.5. The van der Waals surface area contributed by atoms with Crippen molar-refractivity contribution < 1.29 is 28.4 Å². The number of aliphatic hydroxyl groups excluding tert-OH is 1. The van der Waals surface area contributed by atoms with Crippen molar-refractivity contribution in [3.63, 3.8) is 0 Å². The number of nitrogens with one attached hydrogen (secondary N) is 1. The SMILES string of the molecule is CCC/C=C\C/C=C\CCCCCCCC(=O)NC(COP(=O)(O)OCCN)C(O)CCCCCCCCCCCC. The van der Waals surface area contributed by atoms with Gasteiger partial charge in [-0.1, -0.05) is 128 Å². The van der Waals surface area contributed by atoms with Crippen molar-refractivity contribution in [1.82, 2.24) is 5.32 Å². The van der Waals surface area contributed by atoms with E-state index in [-0.39, 0.29) is 25.7 Å². The smallest absolute Gasteiger partial charge is 0.391 e. The molecule has 0 aliphatic carbocycles. The van der Waals surface area contributed by atoms with Crippen molar-refractivity contribution in [2.45, 2.75) is 161 Å². The first-order valence-electron chi connectivity index (χ1n) is 17.0. The van der Waals surface area contributed by atoms with Crippen LogP contribution in [0.5, 0.6) is 0 Å². The fraction of sp³-hybridized carbons (Fsp3) is 0.848. The molecule has 0 aromatic rings. The van der Waals surface area contributed by atoms with Crippen molar-refractivity contribution in [1.29, 1.82) is 0 Å². The summed E-state index contributed by atoms with van der Waals surface area (Å²) in [6, 6.07) is -0.776. The molecule has 8 nitrogen and oxygen atoms in total. The number of allylic oxidation sites excluding steroid dienone is 4. The second-order valence-corrected chi connectivity index (χ2v) is 12.8. The molecule has 9 heteroatoms. The maximum absolute atomic E-state index is 12.6. The van der Waals surface area contributed by atoms with Gasteiger partial charge < -0.3 is 21.1 Å². The Morgan fingerprint density at radius 2 is 1.36 bits per heavy atom. The number of aliphatic hydroxyl groups is 1. The monoisotopic (exact) mass is 616 g/mol. The van der Waals surface area contributed by atoms with Crippen LogP contribution in [0.1, 0.15) is 149 Å². The van der Waals surface area contributed by atoms with Gasteiger partial charge in [-0.05, 0) is 38.5 Å². The van der Waals surface area contributed by atoms with E-state index in [0.717, 1.165) is 70.6 Å². The van der Waals surface area contributed by atoms with Crippen molar-refractivity contribution in [2.75, 3.05) is 19.8 Å². The van der Waals surface area contributed by atoms with Gasteiger partial charge in [-0.25, -0.2) is 4.57 Å². The molecule has 42 heavy (non-hydrogen) atoms. The second kappa shape index (κ2) is 30.0. The van der Waals surface area contributed by atoms with E-state index in [4.69, 9.17) is 14.8 Å². The van der Waals surface area contributed by atoms with Gasteiger partial charge in [0.15, 0.2) is 0 Å². The molecule has 0 heterocycles. The maximum atomic E-state index is 12.6. The number of phosphoric ester groups is 1. The lowest BCUT2D eigenvalue weighted by Gasteiger charge is -2.25. The quantitative estimate of drug-likeness (QED) is 0.0350. The van der Waals surface area contributed by atoms with Gasteiger partial charge in [0.05, 0.1) is 25.4 Å². The lowest BCUT2D eigenvalue weighted by atomic mass is 10.0. The van der Waals surface area contributed by atoms with Crippen LogP contribution < -0.4 is 11.1 Å². The summed E-state index contributed by atoms with van der Waals surface area (Å²) in [6.45, 7) is 4.08. The first kappa shape index (κ1) is 41.0. The van der Waals surface area contributed by atoms with Gasteiger partial charge in [-0.15, -0.1) is 0 Å². The van der Waals surface area contributed by atoms with E-state index in [1.54, 1.807) is 0 Å². The summed E-state index contributed by atoms with van der Waals surface area (Å²) in [5, 5.41) is 13.6. The zero-order chi connectivity index (χ0) is 31.2. The first-order valence-corrected chi connectivity index (χ1v) is 18.4.